The summed E-state index contributed by atoms with van der Waals surface area (Å²) in [6.45, 7) is 6.68. The van der Waals surface area contributed by atoms with Crippen molar-refractivity contribution in [2.45, 2.75) is 26.7 Å². The average molecular weight is 353 g/mol. The molecule has 7 heteroatoms. The maximum absolute atomic E-state index is 12.4. The number of amides is 1. The van der Waals surface area contributed by atoms with Crippen LogP contribution in [0.2, 0.25) is 0 Å². The largest absolute Gasteiger partial charge is 0.369 e. The van der Waals surface area contributed by atoms with Gasteiger partial charge in [0, 0.05) is 44.8 Å². The number of aryl methyl sites for hydroxylation is 1. The molecule has 1 saturated heterocycles. The van der Waals surface area contributed by atoms with E-state index in [1.807, 2.05) is 6.07 Å². The number of hydrogen-bond donors (Lipinski definition) is 1. The van der Waals surface area contributed by atoms with E-state index in [1.54, 1.807) is 11.2 Å². The fraction of sp³-hybridized carbons (Fsp3) is 0.588. The fourth-order valence-electron chi connectivity index (χ4n) is 2.79. The minimum atomic E-state index is -3.25. The highest BCUT2D eigenvalue weighted by atomic mass is 32.2. The molecule has 0 aliphatic carbocycles. The van der Waals surface area contributed by atoms with E-state index in [0.717, 1.165) is 5.69 Å². The number of benzene rings is 1. The zero-order valence-corrected chi connectivity index (χ0v) is 15.3. The van der Waals surface area contributed by atoms with Crippen LogP contribution in [0.5, 0.6) is 0 Å². The van der Waals surface area contributed by atoms with Gasteiger partial charge in [-0.3, -0.25) is 4.79 Å². The molecule has 134 valence electrons. The quantitative estimate of drug-likeness (QED) is 0.752. The van der Waals surface area contributed by atoms with Crippen molar-refractivity contribution >= 4 is 21.6 Å². The summed E-state index contributed by atoms with van der Waals surface area (Å²) in [4.78, 5) is 13.4. The number of sulfonamides is 1. The van der Waals surface area contributed by atoms with Crippen LogP contribution in [0.15, 0.2) is 24.3 Å². The number of nitrogens with zero attached hydrogens (tertiary/aromatic N) is 2. The second-order valence-corrected chi connectivity index (χ2v) is 8.19. The predicted octanol–water partition coefficient (Wildman–Crippen LogP) is 1.36. The molecule has 0 spiro atoms. The third-order valence-electron chi connectivity index (χ3n) is 4.22. The molecule has 1 heterocycles. The Kier molecular flexibility index (Phi) is 6.62. The van der Waals surface area contributed by atoms with Gasteiger partial charge in [0.2, 0.25) is 15.9 Å². The van der Waals surface area contributed by atoms with Gasteiger partial charge in [-0.05, 0) is 31.0 Å². The van der Waals surface area contributed by atoms with Crippen molar-refractivity contribution in [1.82, 2.24) is 9.62 Å². The van der Waals surface area contributed by atoms with Crippen LogP contribution in [-0.4, -0.2) is 57.1 Å². The van der Waals surface area contributed by atoms with E-state index in [9.17, 15) is 13.2 Å². The molecule has 1 amide bonds. The third kappa shape index (κ3) is 5.21. The summed E-state index contributed by atoms with van der Waals surface area (Å²) in [5.74, 6) is 0.0423. The predicted molar refractivity (Wildman–Crippen MR) is 96.7 cm³/mol. The molecular formula is C17H27N3O3S. The van der Waals surface area contributed by atoms with Crippen LogP contribution in [-0.2, 0) is 14.8 Å². The molecule has 0 unspecified atom stereocenters. The summed E-state index contributed by atoms with van der Waals surface area (Å²) < 4.78 is 26.4. The van der Waals surface area contributed by atoms with E-state index in [4.69, 9.17) is 0 Å². The van der Waals surface area contributed by atoms with Crippen molar-refractivity contribution in [1.29, 1.82) is 0 Å². The van der Waals surface area contributed by atoms with E-state index in [1.165, 1.54) is 5.56 Å². The smallest absolute Gasteiger partial charge is 0.219 e. The number of carbonyl (C=O) groups excluding carboxylic acids is 1. The zero-order chi connectivity index (χ0) is 17.6. The van der Waals surface area contributed by atoms with E-state index in [2.05, 4.69) is 35.3 Å². The molecule has 0 radical (unpaired) electrons. The molecular weight excluding hydrogens is 326 g/mol. The van der Waals surface area contributed by atoms with E-state index < -0.39 is 10.0 Å². The number of rotatable bonds is 7. The van der Waals surface area contributed by atoms with Crippen molar-refractivity contribution < 1.29 is 13.2 Å². The monoisotopic (exact) mass is 353 g/mol. The van der Waals surface area contributed by atoms with Crippen molar-refractivity contribution in [2.24, 2.45) is 0 Å². The molecule has 1 aromatic carbocycles. The van der Waals surface area contributed by atoms with Crippen LogP contribution < -0.4 is 10.2 Å². The molecule has 2 rings (SSSR count). The summed E-state index contributed by atoms with van der Waals surface area (Å²) >= 11 is 0. The first kappa shape index (κ1) is 18.7. The first-order chi connectivity index (χ1) is 11.4. The van der Waals surface area contributed by atoms with Crippen molar-refractivity contribution in [3.8, 4) is 0 Å². The molecule has 1 N–H and O–H groups in total. The average Bonchev–Trinajstić information content (AvgIpc) is 2.58. The molecule has 1 fully saturated rings. The third-order valence-corrected chi connectivity index (χ3v) is 6.18. The summed E-state index contributed by atoms with van der Waals surface area (Å²) in [6, 6.07) is 8.27. The normalized spacial score (nSPS) is 16.2. The van der Waals surface area contributed by atoms with Crippen LogP contribution in [0.3, 0.4) is 0 Å². The molecule has 0 saturated carbocycles. The minimum Gasteiger partial charge on any atom is -0.369 e. The lowest BCUT2D eigenvalue weighted by atomic mass is 10.2. The van der Waals surface area contributed by atoms with Gasteiger partial charge in [0.05, 0.1) is 5.75 Å². The number of anilines is 1. The SMILES string of the molecule is CCC(=O)NCCCS(=O)(=O)N1CCN(c2cccc(C)c2)CC1. The Hall–Kier alpha value is -1.60. The molecule has 0 bridgehead atoms. The number of nitrogens with one attached hydrogen (secondary N) is 1. The van der Waals surface area contributed by atoms with Gasteiger partial charge < -0.3 is 10.2 Å². The highest BCUT2D eigenvalue weighted by Gasteiger charge is 2.26. The maximum atomic E-state index is 12.4. The summed E-state index contributed by atoms with van der Waals surface area (Å²) in [5.41, 5.74) is 2.35. The lowest BCUT2D eigenvalue weighted by Gasteiger charge is -2.35. The zero-order valence-electron chi connectivity index (χ0n) is 14.5. The lowest BCUT2D eigenvalue weighted by molar-refractivity contribution is -0.120. The van der Waals surface area contributed by atoms with Gasteiger partial charge in [-0.15, -0.1) is 0 Å². The van der Waals surface area contributed by atoms with Gasteiger partial charge in [0.25, 0.3) is 0 Å². The van der Waals surface area contributed by atoms with Gasteiger partial charge in [-0.2, -0.15) is 4.31 Å². The molecule has 1 aliphatic heterocycles. The van der Waals surface area contributed by atoms with Crippen LogP contribution in [0.1, 0.15) is 25.3 Å². The Balaban J connectivity index is 1.81. The minimum absolute atomic E-state index is 0.0424. The fourth-order valence-corrected chi connectivity index (χ4v) is 4.27. The molecule has 1 aromatic rings. The second-order valence-electron chi connectivity index (χ2n) is 6.10. The molecule has 0 atom stereocenters. The standard InChI is InChI=1S/C17H27N3O3S/c1-3-17(21)18-8-5-13-24(22,23)20-11-9-19(10-12-20)16-7-4-6-15(2)14-16/h4,6-7,14H,3,5,8-13H2,1-2H3,(H,18,21). The number of carbonyl (C=O) groups is 1. The van der Waals surface area contributed by atoms with Crippen molar-refractivity contribution in [3.05, 3.63) is 29.8 Å². The van der Waals surface area contributed by atoms with Gasteiger partial charge >= 0.3 is 0 Å². The Morgan fingerprint density at radius 2 is 1.92 bits per heavy atom. The first-order valence-corrected chi connectivity index (χ1v) is 10.1. The van der Waals surface area contributed by atoms with Crippen molar-refractivity contribution in [3.63, 3.8) is 0 Å². The van der Waals surface area contributed by atoms with Crippen LogP contribution in [0.25, 0.3) is 0 Å². The Bertz CT molecular complexity index is 653. The van der Waals surface area contributed by atoms with Gasteiger partial charge in [-0.25, -0.2) is 8.42 Å². The highest BCUT2D eigenvalue weighted by Crippen LogP contribution is 2.19. The summed E-state index contributed by atoms with van der Waals surface area (Å²) in [5, 5.41) is 2.71. The highest BCUT2D eigenvalue weighted by molar-refractivity contribution is 7.89. The van der Waals surface area contributed by atoms with Gasteiger partial charge in [0.1, 0.15) is 0 Å². The van der Waals surface area contributed by atoms with E-state index in [-0.39, 0.29) is 11.7 Å². The Morgan fingerprint density at radius 3 is 2.54 bits per heavy atom. The molecule has 1 aliphatic rings. The lowest BCUT2D eigenvalue weighted by Crippen LogP contribution is -2.49. The molecule has 24 heavy (non-hydrogen) atoms. The number of piperazine rings is 1. The van der Waals surface area contributed by atoms with Crippen molar-refractivity contribution in [2.75, 3.05) is 43.4 Å². The summed E-state index contributed by atoms with van der Waals surface area (Å²) in [7, 11) is -3.25. The Morgan fingerprint density at radius 1 is 1.21 bits per heavy atom. The van der Waals surface area contributed by atoms with E-state index >= 15 is 0 Å². The van der Waals surface area contributed by atoms with Gasteiger partial charge in [0.15, 0.2) is 0 Å². The topological polar surface area (TPSA) is 69.7 Å². The van der Waals surface area contributed by atoms with Gasteiger partial charge in [-0.1, -0.05) is 19.1 Å². The van der Waals surface area contributed by atoms with Crippen LogP contribution in [0, 0.1) is 6.92 Å². The van der Waals surface area contributed by atoms with Crippen LogP contribution >= 0.6 is 0 Å². The molecule has 6 nitrogen and oxygen atoms in total. The maximum Gasteiger partial charge on any atom is 0.219 e. The number of hydrogen-bond acceptors (Lipinski definition) is 4. The first-order valence-electron chi connectivity index (χ1n) is 8.48. The Labute approximate surface area is 144 Å². The van der Waals surface area contributed by atoms with E-state index in [0.29, 0.717) is 45.6 Å². The van der Waals surface area contributed by atoms with Crippen LogP contribution in [0.4, 0.5) is 5.69 Å². The summed E-state index contributed by atoms with van der Waals surface area (Å²) in [6.07, 6.45) is 0.875. The molecule has 0 aromatic heterocycles. The second kappa shape index (κ2) is 8.48.